The molecule has 0 saturated heterocycles. The molecule has 0 saturated carbocycles. The van der Waals surface area contributed by atoms with Crippen LogP contribution in [-0.4, -0.2) is 18.4 Å². The number of hydrogen-bond acceptors (Lipinski definition) is 3. The van der Waals surface area contributed by atoms with Gasteiger partial charge in [0, 0.05) is 28.4 Å². The first-order valence-corrected chi connectivity index (χ1v) is 9.44. The predicted molar refractivity (Wildman–Crippen MR) is 105 cm³/mol. The molecule has 2 aromatic rings. The molecule has 1 aromatic heterocycles. The molecule has 1 aromatic carbocycles. The van der Waals surface area contributed by atoms with Gasteiger partial charge < -0.3 is 15.1 Å². The van der Waals surface area contributed by atoms with Crippen molar-refractivity contribution in [3.8, 4) is 11.3 Å². The summed E-state index contributed by atoms with van der Waals surface area (Å²) in [6, 6.07) is 11.6. The van der Waals surface area contributed by atoms with Gasteiger partial charge in [-0.2, -0.15) is 0 Å². The smallest absolute Gasteiger partial charge is 0.225 e. The number of carbonyl (C=O) groups is 2. The average molecular weight is 421 g/mol. The van der Waals surface area contributed by atoms with E-state index in [4.69, 9.17) is 4.42 Å². The summed E-state index contributed by atoms with van der Waals surface area (Å²) in [4.78, 5) is 23.6. The number of benzene rings is 1. The second-order valence-electron chi connectivity index (χ2n) is 7.16. The van der Waals surface area contributed by atoms with Crippen LogP contribution in [0.3, 0.4) is 0 Å². The minimum atomic E-state index is -0.409. The second kappa shape index (κ2) is 9.03. The second-order valence-corrected chi connectivity index (χ2v) is 8.07. The minimum Gasteiger partial charge on any atom is -0.459 e. The Kier molecular flexibility index (Phi) is 7.03. The highest BCUT2D eigenvalue weighted by Crippen LogP contribution is 2.23. The first-order chi connectivity index (χ1) is 12.3. The van der Waals surface area contributed by atoms with E-state index in [1.165, 1.54) is 0 Å². The molecule has 0 unspecified atom stereocenters. The molecule has 1 heterocycles. The van der Waals surface area contributed by atoms with E-state index in [9.17, 15) is 9.59 Å². The quantitative estimate of drug-likeness (QED) is 0.656. The van der Waals surface area contributed by atoms with Gasteiger partial charge in [-0.05, 0) is 30.7 Å². The maximum Gasteiger partial charge on any atom is 0.225 e. The lowest BCUT2D eigenvalue weighted by molar-refractivity contribution is -0.128. The lowest BCUT2D eigenvalue weighted by atomic mass is 9.96. The van der Waals surface area contributed by atoms with E-state index in [1.54, 1.807) is 0 Å². The Bertz CT molecular complexity index is 745. The third-order valence-electron chi connectivity index (χ3n) is 3.80. The van der Waals surface area contributed by atoms with Crippen molar-refractivity contribution in [2.75, 3.05) is 6.54 Å². The topological polar surface area (TPSA) is 71.3 Å². The molecule has 26 heavy (non-hydrogen) atoms. The third-order valence-corrected chi connectivity index (χ3v) is 4.33. The SMILES string of the molecule is CC(C)(C)C(=O)NCCCC(=O)NCc1ccc(-c2ccc(Br)cc2)o1. The largest absolute Gasteiger partial charge is 0.459 e. The van der Waals surface area contributed by atoms with E-state index in [2.05, 4.69) is 26.6 Å². The zero-order valence-corrected chi connectivity index (χ0v) is 17.0. The molecule has 0 aliphatic carbocycles. The molecule has 2 rings (SSSR count). The zero-order chi connectivity index (χ0) is 19.2. The fourth-order valence-corrected chi connectivity index (χ4v) is 2.50. The lowest BCUT2D eigenvalue weighted by Gasteiger charge is -2.17. The van der Waals surface area contributed by atoms with E-state index in [0.29, 0.717) is 31.7 Å². The van der Waals surface area contributed by atoms with Gasteiger partial charge in [0.15, 0.2) is 0 Å². The van der Waals surface area contributed by atoms with Gasteiger partial charge >= 0.3 is 0 Å². The molecular weight excluding hydrogens is 396 g/mol. The summed E-state index contributed by atoms with van der Waals surface area (Å²) in [6.07, 6.45) is 0.973. The van der Waals surface area contributed by atoms with Gasteiger partial charge in [-0.1, -0.05) is 48.8 Å². The number of carbonyl (C=O) groups excluding carboxylic acids is 2. The van der Waals surface area contributed by atoms with Crippen LogP contribution in [0.5, 0.6) is 0 Å². The number of hydrogen-bond donors (Lipinski definition) is 2. The van der Waals surface area contributed by atoms with Gasteiger partial charge in [0.05, 0.1) is 6.54 Å². The van der Waals surface area contributed by atoms with Gasteiger partial charge in [0.25, 0.3) is 0 Å². The molecule has 2 N–H and O–H groups in total. The predicted octanol–water partition coefficient (Wildman–Crippen LogP) is 4.27. The van der Waals surface area contributed by atoms with Gasteiger partial charge in [-0.25, -0.2) is 0 Å². The Balaban J connectivity index is 1.71. The molecule has 140 valence electrons. The van der Waals surface area contributed by atoms with Gasteiger partial charge in [0.1, 0.15) is 11.5 Å². The summed E-state index contributed by atoms with van der Waals surface area (Å²) in [7, 11) is 0. The van der Waals surface area contributed by atoms with Crippen LogP contribution < -0.4 is 10.6 Å². The minimum absolute atomic E-state index is 0.00559. The number of rotatable bonds is 7. The molecule has 2 amide bonds. The molecule has 6 heteroatoms. The van der Waals surface area contributed by atoms with Gasteiger partial charge in [0.2, 0.25) is 11.8 Å². The average Bonchev–Trinajstić information content (AvgIpc) is 3.05. The van der Waals surface area contributed by atoms with Crippen molar-refractivity contribution in [2.24, 2.45) is 5.41 Å². The number of amides is 2. The zero-order valence-electron chi connectivity index (χ0n) is 15.4. The molecular formula is C20H25BrN2O3. The molecule has 0 aliphatic heterocycles. The van der Waals surface area contributed by atoms with E-state index < -0.39 is 5.41 Å². The van der Waals surface area contributed by atoms with Crippen molar-refractivity contribution >= 4 is 27.7 Å². The van der Waals surface area contributed by atoms with Crippen LogP contribution in [0.2, 0.25) is 0 Å². The van der Waals surface area contributed by atoms with Crippen LogP contribution in [0, 0.1) is 5.41 Å². The molecule has 0 radical (unpaired) electrons. The van der Waals surface area contributed by atoms with E-state index in [1.807, 2.05) is 57.2 Å². The van der Waals surface area contributed by atoms with Crippen molar-refractivity contribution in [3.05, 3.63) is 46.6 Å². The summed E-state index contributed by atoms with van der Waals surface area (Å²) in [5.41, 5.74) is 0.578. The number of halogens is 1. The highest BCUT2D eigenvalue weighted by atomic mass is 79.9. The molecule has 0 atom stereocenters. The van der Waals surface area contributed by atoms with Crippen LogP contribution in [0.4, 0.5) is 0 Å². The van der Waals surface area contributed by atoms with E-state index in [-0.39, 0.29) is 11.8 Å². The first-order valence-electron chi connectivity index (χ1n) is 8.65. The normalized spacial score (nSPS) is 11.2. The highest BCUT2D eigenvalue weighted by Gasteiger charge is 2.20. The summed E-state index contributed by atoms with van der Waals surface area (Å²) < 4.78 is 6.78. The van der Waals surface area contributed by atoms with Crippen LogP contribution >= 0.6 is 15.9 Å². The molecule has 0 aliphatic rings. The monoisotopic (exact) mass is 420 g/mol. The summed E-state index contributed by atoms with van der Waals surface area (Å²) in [5, 5.41) is 5.67. The summed E-state index contributed by atoms with van der Waals surface area (Å²) in [6.45, 7) is 6.44. The maximum absolute atomic E-state index is 11.9. The Labute approximate surface area is 162 Å². The maximum atomic E-state index is 11.9. The molecule has 0 spiro atoms. The third kappa shape index (κ3) is 6.33. The van der Waals surface area contributed by atoms with E-state index in [0.717, 1.165) is 15.8 Å². The molecule has 5 nitrogen and oxygen atoms in total. The number of furan rings is 1. The Morgan fingerprint density at radius 3 is 2.38 bits per heavy atom. The van der Waals surface area contributed by atoms with Crippen molar-refractivity contribution in [1.29, 1.82) is 0 Å². The molecule has 0 fully saturated rings. The van der Waals surface area contributed by atoms with Crippen molar-refractivity contribution < 1.29 is 14.0 Å². The number of nitrogens with one attached hydrogen (secondary N) is 2. The summed E-state index contributed by atoms with van der Waals surface area (Å²) in [5.74, 6) is 1.41. The van der Waals surface area contributed by atoms with Crippen LogP contribution in [0.1, 0.15) is 39.4 Å². The fourth-order valence-electron chi connectivity index (χ4n) is 2.23. The van der Waals surface area contributed by atoms with Crippen molar-refractivity contribution in [3.63, 3.8) is 0 Å². The van der Waals surface area contributed by atoms with Crippen molar-refractivity contribution in [2.45, 2.75) is 40.2 Å². The fraction of sp³-hybridized carbons (Fsp3) is 0.400. The Morgan fingerprint density at radius 2 is 1.73 bits per heavy atom. The van der Waals surface area contributed by atoms with Crippen LogP contribution in [0.15, 0.2) is 45.3 Å². The molecule has 0 bridgehead atoms. The van der Waals surface area contributed by atoms with Crippen molar-refractivity contribution in [1.82, 2.24) is 10.6 Å². The van der Waals surface area contributed by atoms with E-state index >= 15 is 0 Å². The Morgan fingerprint density at radius 1 is 1.04 bits per heavy atom. The Hall–Kier alpha value is -2.08. The first kappa shape index (κ1) is 20.2. The van der Waals surface area contributed by atoms with Gasteiger partial charge in [-0.15, -0.1) is 0 Å². The lowest BCUT2D eigenvalue weighted by Crippen LogP contribution is -2.35. The summed E-state index contributed by atoms with van der Waals surface area (Å²) >= 11 is 3.41. The van der Waals surface area contributed by atoms with Crippen LogP contribution in [0.25, 0.3) is 11.3 Å². The standard InChI is InChI=1S/C20H25BrN2O3/c1-20(2,3)19(25)22-12-4-5-18(24)23-13-16-10-11-17(26-16)14-6-8-15(21)9-7-14/h6-11H,4-5,12-13H2,1-3H3,(H,22,25)(H,23,24). The highest BCUT2D eigenvalue weighted by molar-refractivity contribution is 9.10. The van der Waals surface area contributed by atoms with Crippen LogP contribution in [-0.2, 0) is 16.1 Å². The van der Waals surface area contributed by atoms with Gasteiger partial charge in [-0.3, -0.25) is 9.59 Å².